The van der Waals surface area contributed by atoms with E-state index in [1.54, 1.807) is 24.0 Å². The summed E-state index contributed by atoms with van der Waals surface area (Å²) in [7, 11) is 0. The number of aliphatic hydroxyl groups excluding tert-OH is 1. The Labute approximate surface area is 206 Å². The molecule has 0 saturated heterocycles. The van der Waals surface area contributed by atoms with E-state index in [4.69, 9.17) is 16.3 Å². The number of ether oxygens (including phenoxy) is 1. The van der Waals surface area contributed by atoms with Crippen molar-refractivity contribution in [1.82, 2.24) is 5.32 Å². The van der Waals surface area contributed by atoms with Gasteiger partial charge in [0.1, 0.15) is 0 Å². The third kappa shape index (κ3) is 6.59. The van der Waals surface area contributed by atoms with Crippen LogP contribution in [0.5, 0.6) is 0 Å². The minimum Gasteiger partial charge on any atom is -0.463 e. The molecule has 7 nitrogen and oxygen atoms in total. The quantitative estimate of drug-likeness (QED) is 0.265. The fourth-order valence-electron chi connectivity index (χ4n) is 3.96. The second-order valence-electron chi connectivity index (χ2n) is 7.90. The molecular formula is C26H32ClN3O4. The van der Waals surface area contributed by atoms with Gasteiger partial charge < -0.3 is 25.0 Å². The first-order valence-electron chi connectivity index (χ1n) is 11.7. The molecule has 34 heavy (non-hydrogen) atoms. The van der Waals surface area contributed by atoms with Crippen LogP contribution in [0, 0.1) is 0 Å². The van der Waals surface area contributed by atoms with Gasteiger partial charge in [-0.25, -0.2) is 4.79 Å². The van der Waals surface area contributed by atoms with E-state index in [0.717, 1.165) is 36.4 Å². The van der Waals surface area contributed by atoms with Crippen LogP contribution < -0.4 is 15.1 Å². The van der Waals surface area contributed by atoms with Gasteiger partial charge >= 0.3 is 5.97 Å². The lowest BCUT2D eigenvalue weighted by molar-refractivity contribution is -0.137. The minimum absolute atomic E-state index is 0.0139. The second-order valence-corrected chi connectivity index (χ2v) is 8.34. The summed E-state index contributed by atoms with van der Waals surface area (Å²) in [6.07, 6.45) is 5.49. The third-order valence-corrected chi connectivity index (χ3v) is 5.75. The number of fused-ring (bicyclic) bond motifs is 2. The SMILES string of the molecule is CCOC(=O)/C=C/CNCCCCN1c2ccccc2C(=O)N(CCCO)c2ccc(Cl)cc21. The lowest BCUT2D eigenvalue weighted by Gasteiger charge is -2.28. The van der Waals surface area contributed by atoms with Gasteiger partial charge in [-0.3, -0.25) is 4.79 Å². The Balaban J connectivity index is 1.71. The van der Waals surface area contributed by atoms with Crippen LogP contribution in [-0.4, -0.2) is 56.4 Å². The number of hydrogen-bond acceptors (Lipinski definition) is 6. The number of amides is 1. The Bertz CT molecular complexity index is 1010. The van der Waals surface area contributed by atoms with Crippen LogP contribution in [0.3, 0.4) is 0 Å². The van der Waals surface area contributed by atoms with Gasteiger partial charge in [-0.15, -0.1) is 0 Å². The molecule has 182 valence electrons. The highest BCUT2D eigenvalue weighted by molar-refractivity contribution is 6.31. The molecule has 1 heterocycles. The molecule has 0 bridgehead atoms. The molecule has 1 amide bonds. The summed E-state index contributed by atoms with van der Waals surface area (Å²) in [4.78, 5) is 28.7. The molecule has 0 aliphatic carbocycles. The normalized spacial score (nSPS) is 13.1. The summed E-state index contributed by atoms with van der Waals surface area (Å²) < 4.78 is 4.86. The number of aliphatic hydroxyl groups is 1. The average Bonchev–Trinajstić information content (AvgIpc) is 2.92. The minimum atomic E-state index is -0.330. The number of benzene rings is 2. The van der Waals surface area contributed by atoms with Crippen molar-refractivity contribution in [3.63, 3.8) is 0 Å². The Kier molecular flexibility index (Phi) is 9.94. The molecule has 0 spiro atoms. The number of nitrogens with zero attached hydrogens (tertiary/aromatic N) is 2. The van der Waals surface area contributed by atoms with Crippen molar-refractivity contribution >= 4 is 40.5 Å². The summed E-state index contributed by atoms with van der Waals surface area (Å²) >= 11 is 6.37. The van der Waals surface area contributed by atoms with Gasteiger partial charge in [-0.2, -0.15) is 0 Å². The molecule has 2 aromatic carbocycles. The van der Waals surface area contributed by atoms with Crippen molar-refractivity contribution in [1.29, 1.82) is 0 Å². The standard InChI is InChI=1S/C26H32ClN3O4/c1-2-34-25(32)11-7-15-28-14-5-6-16-29-22-10-4-3-9-21(22)26(33)30(17-8-18-31)23-13-12-20(27)19-24(23)29/h3-4,7,9-13,19,28,31H,2,5-6,8,14-18H2,1H3/b11-7+. The molecule has 0 aromatic heterocycles. The molecule has 0 fully saturated rings. The van der Waals surface area contributed by atoms with Crippen molar-refractivity contribution in [2.24, 2.45) is 0 Å². The van der Waals surface area contributed by atoms with Gasteiger partial charge in [-0.1, -0.05) is 29.8 Å². The maximum absolute atomic E-state index is 13.4. The maximum Gasteiger partial charge on any atom is 0.330 e. The lowest BCUT2D eigenvalue weighted by Crippen LogP contribution is -2.31. The van der Waals surface area contributed by atoms with Crippen molar-refractivity contribution in [2.45, 2.75) is 26.2 Å². The number of hydrogen-bond donors (Lipinski definition) is 2. The zero-order valence-corrected chi connectivity index (χ0v) is 20.3. The van der Waals surface area contributed by atoms with Crippen molar-refractivity contribution in [3.8, 4) is 0 Å². The van der Waals surface area contributed by atoms with Crippen LogP contribution in [0.1, 0.15) is 36.5 Å². The molecular weight excluding hydrogens is 454 g/mol. The first-order chi connectivity index (χ1) is 16.6. The van der Waals surface area contributed by atoms with Crippen molar-refractivity contribution < 1.29 is 19.4 Å². The first kappa shape index (κ1) is 25.7. The van der Waals surface area contributed by atoms with E-state index in [1.165, 1.54) is 6.08 Å². The van der Waals surface area contributed by atoms with Gasteiger partial charge in [0.15, 0.2) is 0 Å². The average molecular weight is 486 g/mol. The van der Waals surface area contributed by atoms with E-state index in [0.29, 0.717) is 43.2 Å². The summed E-state index contributed by atoms with van der Waals surface area (Å²) in [6, 6.07) is 13.2. The number of carbonyl (C=O) groups excluding carboxylic acids is 2. The largest absolute Gasteiger partial charge is 0.463 e. The van der Waals surface area contributed by atoms with Crippen LogP contribution in [0.2, 0.25) is 5.02 Å². The Hall–Kier alpha value is -2.87. The zero-order valence-electron chi connectivity index (χ0n) is 19.5. The molecule has 2 aromatic rings. The fraction of sp³-hybridized carbons (Fsp3) is 0.385. The van der Waals surface area contributed by atoms with E-state index in [2.05, 4.69) is 10.2 Å². The summed E-state index contributed by atoms with van der Waals surface area (Å²) in [5.74, 6) is -0.408. The molecule has 0 unspecified atom stereocenters. The predicted octanol–water partition coefficient (Wildman–Crippen LogP) is 4.31. The molecule has 2 N–H and O–H groups in total. The highest BCUT2D eigenvalue weighted by atomic mass is 35.5. The zero-order chi connectivity index (χ0) is 24.3. The van der Waals surface area contributed by atoms with E-state index in [1.807, 2.05) is 36.4 Å². The highest BCUT2D eigenvalue weighted by Crippen LogP contribution is 2.42. The van der Waals surface area contributed by atoms with Crippen molar-refractivity contribution in [3.05, 3.63) is 65.2 Å². The number of unbranched alkanes of at least 4 members (excludes halogenated alkanes) is 1. The number of nitrogens with one attached hydrogen (secondary N) is 1. The van der Waals surface area contributed by atoms with Gasteiger partial charge in [-0.05, 0) is 63.1 Å². The van der Waals surface area contributed by atoms with Crippen LogP contribution in [0.15, 0.2) is 54.6 Å². The topological polar surface area (TPSA) is 82.1 Å². The number of esters is 1. The predicted molar refractivity (Wildman–Crippen MR) is 136 cm³/mol. The number of para-hydroxylation sites is 1. The maximum atomic E-state index is 13.4. The Morgan fingerprint density at radius 3 is 2.65 bits per heavy atom. The smallest absolute Gasteiger partial charge is 0.330 e. The number of anilines is 3. The van der Waals surface area contributed by atoms with Gasteiger partial charge in [0.25, 0.3) is 5.91 Å². The van der Waals surface area contributed by atoms with E-state index in [-0.39, 0.29) is 18.5 Å². The number of halogens is 1. The van der Waals surface area contributed by atoms with Gasteiger partial charge in [0.2, 0.25) is 0 Å². The first-order valence-corrected chi connectivity index (χ1v) is 12.1. The van der Waals surface area contributed by atoms with Crippen molar-refractivity contribution in [2.75, 3.05) is 49.2 Å². The molecule has 3 rings (SSSR count). The van der Waals surface area contributed by atoms with E-state index in [9.17, 15) is 14.7 Å². The van der Waals surface area contributed by atoms with E-state index < -0.39 is 0 Å². The Morgan fingerprint density at radius 1 is 1.06 bits per heavy atom. The monoisotopic (exact) mass is 485 g/mol. The number of carbonyl (C=O) groups is 2. The van der Waals surface area contributed by atoms with Gasteiger partial charge in [0, 0.05) is 37.3 Å². The van der Waals surface area contributed by atoms with Crippen LogP contribution in [0.4, 0.5) is 17.1 Å². The lowest BCUT2D eigenvalue weighted by atomic mass is 10.1. The van der Waals surface area contributed by atoms with Gasteiger partial charge in [0.05, 0.1) is 29.2 Å². The molecule has 0 atom stereocenters. The molecule has 0 saturated carbocycles. The van der Waals surface area contributed by atoms with Crippen LogP contribution in [-0.2, 0) is 9.53 Å². The molecule has 8 heteroatoms. The second kappa shape index (κ2) is 13.1. The molecule has 1 aliphatic heterocycles. The molecule has 0 radical (unpaired) electrons. The summed E-state index contributed by atoms with van der Waals surface area (Å²) in [6.45, 7) is 4.70. The summed E-state index contributed by atoms with van der Waals surface area (Å²) in [5, 5.41) is 13.3. The molecule has 1 aliphatic rings. The Morgan fingerprint density at radius 2 is 1.85 bits per heavy atom. The number of rotatable bonds is 12. The third-order valence-electron chi connectivity index (χ3n) is 5.52. The fourth-order valence-corrected chi connectivity index (χ4v) is 4.12. The van der Waals surface area contributed by atoms with Crippen LogP contribution >= 0.6 is 11.6 Å². The highest BCUT2D eigenvalue weighted by Gasteiger charge is 2.30. The summed E-state index contributed by atoms with van der Waals surface area (Å²) in [5.41, 5.74) is 3.16. The van der Waals surface area contributed by atoms with Crippen LogP contribution in [0.25, 0.3) is 0 Å². The van der Waals surface area contributed by atoms with E-state index >= 15 is 0 Å².